The van der Waals surface area contributed by atoms with Crippen LogP contribution in [0.15, 0.2) is 0 Å². The lowest BCUT2D eigenvalue weighted by molar-refractivity contribution is -0.870. The average Bonchev–Trinajstić information content (AvgIpc) is 2.97. The molecule has 0 aromatic rings. The van der Waals surface area contributed by atoms with Crippen LogP contribution in [0.5, 0.6) is 0 Å². The molecular formula is C36H80N2O8P2+2. The molecule has 0 aliphatic carbocycles. The van der Waals surface area contributed by atoms with Gasteiger partial charge in [-0.1, -0.05) is 141 Å². The highest BCUT2D eigenvalue weighted by molar-refractivity contribution is 7.47. The molecule has 2 unspecified atom stereocenters. The monoisotopic (exact) mass is 731 g/mol. The standard InChI is InChI=1S/C36H78N2O8P2/c1-37(2,3)31-35-45-47(39,40)43-33-29-27-25-23-21-19-17-15-13-11-9-7-8-10-12-14-16-18-20-22-24-26-28-30-34-44-48(41,42)46-36-32-38(4,5)6/h7-36H2,1-6H3/p+2. The van der Waals surface area contributed by atoms with Crippen LogP contribution in [0, 0.1) is 0 Å². The van der Waals surface area contributed by atoms with Gasteiger partial charge >= 0.3 is 15.6 Å². The van der Waals surface area contributed by atoms with E-state index in [1.165, 1.54) is 116 Å². The Labute approximate surface area is 297 Å². The average molecular weight is 731 g/mol. The maximum Gasteiger partial charge on any atom is 0.472 e. The molecule has 0 spiro atoms. The largest absolute Gasteiger partial charge is 0.472 e. The minimum Gasteiger partial charge on any atom is -0.329 e. The van der Waals surface area contributed by atoms with Crippen LogP contribution in [0.1, 0.15) is 154 Å². The van der Waals surface area contributed by atoms with Crippen LogP contribution in [-0.2, 0) is 27.2 Å². The van der Waals surface area contributed by atoms with E-state index >= 15 is 0 Å². The number of unbranched alkanes of at least 4 members (excludes halogenated alkanes) is 23. The fourth-order valence-electron chi connectivity index (χ4n) is 5.39. The quantitative estimate of drug-likeness (QED) is 0.0369. The summed E-state index contributed by atoms with van der Waals surface area (Å²) in [5, 5.41) is 0. The highest BCUT2D eigenvalue weighted by Gasteiger charge is 2.23. The molecule has 48 heavy (non-hydrogen) atoms. The second-order valence-electron chi connectivity index (χ2n) is 15.8. The molecule has 0 aromatic heterocycles. The summed E-state index contributed by atoms with van der Waals surface area (Å²) in [7, 11) is 4.27. The van der Waals surface area contributed by atoms with Crippen molar-refractivity contribution in [2.24, 2.45) is 0 Å². The molecule has 0 saturated carbocycles. The molecule has 0 rings (SSSR count). The second-order valence-corrected chi connectivity index (χ2v) is 18.7. The van der Waals surface area contributed by atoms with Crippen molar-refractivity contribution in [3.63, 3.8) is 0 Å². The molecule has 0 aromatic carbocycles. The molecule has 12 heteroatoms. The fourth-order valence-corrected chi connectivity index (χ4v) is 6.88. The number of hydrogen-bond acceptors (Lipinski definition) is 6. The predicted octanol–water partition coefficient (Wildman–Crippen LogP) is 10.0. The van der Waals surface area contributed by atoms with Gasteiger partial charge in [0.15, 0.2) is 0 Å². The van der Waals surface area contributed by atoms with Crippen LogP contribution < -0.4 is 0 Å². The molecule has 290 valence electrons. The summed E-state index contributed by atoms with van der Waals surface area (Å²) in [4.78, 5) is 19.5. The lowest BCUT2D eigenvalue weighted by Crippen LogP contribution is -2.37. The lowest BCUT2D eigenvalue weighted by atomic mass is 10.0. The van der Waals surface area contributed by atoms with Gasteiger partial charge in [-0.05, 0) is 12.8 Å². The number of hydrogen-bond donors (Lipinski definition) is 2. The fraction of sp³-hybridized carbons (Fsp3) is 1.00. The zero-order valence-electron chi connectivity index (χ0n) is 32.3. The summed E-state index contributed by atoms with van der Waals surface area (Å²) >= 11 is 0. The Morgan fingerprint density at radius 2 is 0.500 bits per heavy atom. The Morgan fingerprint density at radius 3 is 0.688 bits per heavy atom. The zero-order chi connectivity index (χ0) is 36.0. The summed E-state index contributed by atoms with van der Waals surface area (Å²) in [6.45, 7) is 2.34. The van der Waals surface area contributed by atoms with Gasteiger partial charge in [0.1, 0.15) is 26.3 Å². The summed E-state index contributed by atoms with van der Waals surface area (Å²) in [6.07, 6.45) is 30.2. The van der Waals surface area contributed by atoms with E-state index in [0.717, 1.165) is 38.5 Å². The number of phosphoric ester groups is 2. The van der Waals surface area contributed by atoms with Crippen LogP contribution in [0.4, 0.5) is 0 Å². The van der Waals surface area contributed by atoms with E-state index in [1.807, 2.05) is 42.3 Å². The Hall–Kier alpha value is 0.140. The molecule has 0 aliphatic rings. The number of quaternary nitrogens is 2. The van der Waals surface area contributed by atoms with Gasteiger partial charge in [0.05, 0.1) is 55.5 Å². The molecule has 2 atom stereocenters. The number of rotatable bonds is 37. The Balaban J connectivity index is 3.27. The van der Waals surface area contributed by atoms with E-state index in [1.54, 1.807) is 0 Å². The molecular weight excluding hydrogens is 650 g/mol. The second kappa shape index (κ2) is 29.7. The van der Waals surface area contributed by atoms with Crippen molar-refractivity contribution in [3.05, 3.63) is 0 Å². The minimum atomic E-state index is -3.91. The first-order valence-corrected chi connectivity index (χ1v) is 22.5. The van der Waals surface area contributed by atoms with Crippen molar-refractivity contribution in [3.8, 4) is 0 Å². The first-order valence-electron chi connectivity index (χ1n) is 19.5. The van der Waals surface area contributed by atoms with Gasteiger partial charge < -0.3 is 18.8 Å². The molecule has 0 aliphatic heterocycles. The maximum atomic E-state index is 11.9. The van der Waals surface area contributed by atoms with Crippen LogP contribution >= 0.6 is 15.6 Å². The molecule has 0 radical (unpaired) electrons. The molecule has 2 N–H and O–H groups in total. The van der Waals surface area contributed by atoms with Crippen molar-refractivity contribution >= 4 is 15.6 Å². The summed E-state index contributed by atoms with van der Waals surface area (Å²) in [6, 6.07) is 0. The van der Waals surface area contributed by atoms with E-state index in [4.69, 9.17) is 18.1 Å². The van der Waals surface area contributed by atoms with Crippen molar-refractivity contribution in [2.45, 2.75) is 154 Å². The third-order valence-electron chi connectivity index (χ3n) is 8.58. The minimum absolute atomic E-state index is 0.220. The normalized spacial score (nSPS) is 15.1. The van der Waals surface area contributed by atoms with Crippen molar-refractivity contribution in [1.29, 1.82) is 0 Å². The van der Waals surface area contributed by atoms with Gasteiger partial charge in [-0.15, -0.1) is 0 Å². The number of likely N-dealkylation sites (N-methyl/N-ethyl adjacent to an activating group) is 2. The number of phosphoric acid groups is 2. The topological polar surface area (TPSA) is 112 Å². The van der Waals surface area contributed by atoms with E-state index in [2.05, 4.69) is 0 Å². The van der Waals surface area contributed by atoms with E-state index in [0.29, 0.717) is 22.1 Å². The first-order chi connectivity index (χ1) is 22.6. The SMILES string of the molecule is C[N+](C)(C)CCOP(=O)(O)OCCCCCCCCCCCCCCCCCCCCCCCCCCOP(=O)(O)OCC[N+](C)(C)C. The van der Waals surface area contributed by atoms with Crippen molar-refractivity contribution < 1.29 is 46.0 Å². The summed E-state index contributed by atoms with van der Waals surface area (Å²) < 4.78 is 45.4. The smallest absolute Gasteiger partial charge is 0.329 e. The highest BCUT2D eigenvalue weighted by Crippen LogP contribution is 2.44. The maximum absolute atomic E-state index is 11.9. The van der Waals surface area contributed by atoms with Crippen LogP contribution in [-0.4, -0.2) is 101 Å². The molecule has 0 heterocycles. The zero-order valence-corrected chi connectivity index (χ0v) is 34.1. The molecule has 0 fully saturated rings. The molecule has 0 saturated heterocycles. The van der Waals surface area contributed by atoms with Gasteiger partial charge in [0.2, 0.25) is 0 Å². The molecule has 0 amide bonds. The van der Waals surface area contributed by atoms with E-state index in [9.17, 15) is 18.9 Å². The lowest BCUT2D eigenvalue weighted by Gasteiger charge is -2.24. The molecule has 10 nitrogen and oxygen atoms in total. The van der Waals surface area contributed by atoms with Gasteiger partial charge in [0, 0.05) is 0 Å². The van der Waals surface area contributed by atoms with Crippen molar-refractivity contribution in [1.82, 2.24) is 0 Å². The highest BCUT2D eigenvalue weighted by atomic mass is 31.2. The Kier molecular flexibility index (Phi) is 29.8. The Bertz CT molecular complexity index is 755. The summed E-state index contributed by atoms with van der Waals surface area (Å²) in [5.74, 6) is 0. The van der Waals surface area contributed by atoms with Gasteiger partial charge in [-0.2, -0.15) is 0 Å². The van der Waals surface area contributed by atoms with Gasteiger partial charge in [-0.3, -0.25) is 18.1 Å². The van der Waals surface area contributed by atoms with E-state index in [-0.39, 0.29) is 26.4 Å². The first kappa shape index (κ1) is 48.1. The third-order valence-corrected chi connectivity index (χ3v) is 10.6. The van der Waals surface area contributed by atoms with Crippen LogP contribution in [0.3, 0.4) is 0 Å². The van der Waals surface area contributed by atoms with Crippen LogP contribution in [0.25, 0.3) is 0 Å². The van der Waals surface area contributed by atoms with Gasteiger partial charge in [0.25, 0.3) is 0 Å². The van der Waals surface area contributed by atoms with Gasteiger partial charge in [-0.25, -0.2) is 9.13 Å². The van der Waals surface area contributed by atoms with Crippen LogP contribution in [0.2, 0.25) is 0 Å². The van der Waals surface area contributed by atoms with Crippen molar-refractivity contribution in [2.75, 3.05) is 81.8 Å². The third kappa shape index (κ3) is 38.9. The van der Waals surface area contributed by atoms with E-state index < -0.39 is 15.6 Å². The predicted molar refractivity (Wildman–Crippen MR) is 200 cm³/mol. The molecule has 0 bridgehead atoms. The summed E-state index contributed by atoms with van der Waals surface area (Å²) in [5.41, 5.74) is 0. The number of nitrogens with zero attached hydrogens (tertiary/aromatic N) is 2. The Morgan fingerprint density at radius 1 is 0.333 bits per heavy atom.